The minimum absolute atomic E-state index is 0.189. The molecule has 1 saturated carbocycles. The number of carbonyl (C=O) groups is 1. The fraction of sp³-hybridized carbons (Fsp3) is 0.316. The van der Waals surface area contributed by atoms with Gasteiger partial charge >= 0.3 is 5.97 Å². The highest BCUT2D eigenvalue weighted by molar-refractivity contribution is 5.83. The first-order valence-electron chi connectivity index (χ1n) is 7.78. The Kier molecular flexibility index (Phi) is 3.99. The van der Waals surface area contributed by atoms with Crippen LogP contribution in [0.3, 0.4) is 0 Å². The van der Waals surface area contributed by atoms with E-state index in [2.05, 4.69) is 12.1 Å². The Morgan fingerprint density at radius 1 is 1.09 bits per heavy atom. The first kappa shape index (κ1) is 14.8. The predicted octanol–water partition coefficient (Wildman–Crippen LogP) is 3.48. The molecule has 1 aliphatic rings. The maximum absolute atomic E-state index is 12.4. The first-order chi connectivity index (χ1) is 10.7. The van der Waals surface area contributed by atoms with Gasteiger partial charge in [0.2, 0.25) is 0 Å². The quantitative estimate of drug-likeness (QED) is 0.859. The van der Waals surface area contributed by atoms with Crippen LogP contribution >= 0.6 is 0 Å². The van der Waals surface area contributed by atoms with Crippen LogP contribution in [-0.2, 0) is 15.1 Å². The maximum atomic E-state index is 12.4. The molecule has 2 aromatic carbocycles. The molecule has 0 radical (unpaired) electrons. The molecule has 2 N–H and O–H groups in total. The van der Waals surface area contributed by atoms with Crippen LogP contribution in [0, 0.1) is 5.92 Å². The van der Waals surface area contributed by atoms with Crippen molar-refractivity contribution < 1.29 is 9.53 Å². The zero-order valence-corrected chi connectivity index (χ0v) is 12.8. The van der Waals surface area contributed by atoms with E-state index in [-0.39, 0.29) is 11.9 Å². The summed E-state index contributed by atoms with van der Waals surface area (Å²) in [5, 5.41) is 0. The Balaban J connectivity index is 1.92. The lowest BCUT2D eigenvalue weighted by Crippen LogP contribution is -2.48. The Morgan fingerprint density at radius 3 is 2.23 bits per heavy atom. The number of nitrogens with two attached hydrogens (primary N) is 1. The monoisotopic (exact) mass is 295 g/mol. The Morgan fingerprint density at radius 2 is 1.68 bits per heavy atom. The zero-order chi connectivity index (χ0) is 15.6. The van der Waals surface area contributed by atoms with E-state index in [1.54, 1.807) is 0 Å². The lowest BCUT2D eigenvalue weighted by molar-refractivity contribution is -0.151. The van der Waals surface area contributed by atoms with Crippen LogP contribution in [-0.4, -0.2) is 12.6 Å². The number of rotatable bonds is 5. The van der Waals surface area contributed by atoms with Gasteiger partial charge in [0.25, 0.3) is 0 Å². The minimum Gasteiger partial charge on any atom is -0.464 e. The first-order valence-corrected chi connectivity index (χ1v) is 7.78. The molecule has 22 heavy (non-hydrogen) atoms. The van der Waals surface area contributed by atoms with Crippen LogP contribution in [0.1, 0.15) is 25.3 Å². The van der Waals surface area contributed by atoms with Crippen molar-refractivity contribution in [2.24, 2.45) is 11.7 Å². The number of ether oxygens (including phenoxy) is 1. The van der Waals surface area contributed by atoms with Crippen LogP contribution in [0.2, 0.25) is 0 Å². The van der Waals surface area contributed by atoms with Gasteiger partial charge in [0, 0.05) is 0 Å². The molecule has 0 aromatic heterocycles. The Bertz CT molecular complexity index is 647. The SMILES string of the molecule is CCOC(=O)C(N)(c1ccc(-c2ccccc2)cc1)C1CC1. The van der Waals surface area contributed by atoms with Gasteiger partial charge in [0.15, 0.2) is 0 Å². The maximum Gasteiger partial charge on any atom is 0.331 e. The normalized spacial score (nSPS) is 16.8. The lowest BCUT2D eigenvalue weighted by atomic mass is 9.85. The van der Waals surface area contributed by atoms with E-state index in [0.29, 0.717) is 6.61 Å². The number of hydrogen-bond donors (Lipinski definition) is 1. The van der Waals surface area contributed by atoms with Crippen LogP contribution < -0.4 is 5.73 Å². The third-order valence-corrected chi connectivity index (χ3v) is 4.30. The third-order valence-electron chi connectivity index (χ3n) is 4.30. The topological polar surface area (TPSA) is 52.3 Å². The summed E-state index contributed by atoms with van der Waals surface area (Å²) in [7, 11) is 0. The molecule has 1 atom stereocenters. The summed E-state index contributed by atoms with van der Waals surface area (Å²) < 4.78 is 5.21. The summed E-state index contributed by atoms with van der Waals surface area (Å²) >= 11 is 0. The molecule has 114 valence electrons. The summed E-state index contributed by atoms with van der Waals surface area (Å²) in [6.45, 7) is 2.16. The fourth-order valence-electron chi connectivity index (χ4n) is 2.88. The highest BCUT2D eigenvalue weighted by Crippen LogP contribution is 2.45. The van der Waals surface area contributed by atoms with Crippen molar-refractivity contribution in [2.75, 3.05) is 6.61 Å². The molecule has 2 aromatic rings. The summed E-state index contributed by atoms with van der Waals surface area (Å²) in [4.78, 5) is 12.4. The van der Waals surface area contributed by atoms with Crippen LogP contribution in [0.4, 0.5) is 0 Å². The summed E-state index contributed by atoms with van der Waals surface area (Å²) in [6.07, 6.45) is 1.96. The summed E-state index contributed by atoms with van der Waals surface area (Å²) in [5.41, 5.74) is 8.57. The van der Waals surface area contributed by atoms with Gasteiger partial charge in [-0.25, -0.2) is 4.79 Å². The number of hydrogen-bond acceptors (Lipinski definition) is 3. The van der Waals surface area contributed by atoms with Gasteiger partial charge in [0.1, 0.15) is 5.54 Å². The molecular weight excluding hydrogens is 274 g/mol. The Labute approximate surface area is 131 Å². The van der Waals surface area contributed by atoms with Crippen molar-refractivity contribution >= 4 is 5.97 Å². The molecule has 1 unspecified atom stereocenters. The van der Waals surface area contributed by atoms with E-state index < -0.39 is 5.54 Å². The van der Waals surface area contributed by atoms with Gasteiger partial charge in [-0.1, -0.05) is 54.6 Å². The molecule has 3 rings (SSSR count). The molecule has 0 heterocycles. The van der Waals surface area contributed by atoms with Crippen LogP contribution in [0.15, 0.2) is 54.6 Å². The zero-order valence-electron chi connectivity index (χ0n) is 12.8. The molecule has 3 nitrogen and oxygen atoms in total. The van der Waals surface area contributed by atoms with Crippen molar-refractivity contribution in [3.63, 3.8) is 0 Å². The summed E-state index contributed by atoms with van der Waals surface area (Å²) in [6, 6.07) is 18.1. The molecular formula is C19H21NO2. The fourth-order valence-corrected chi connectivity index (χ4v) is 2.88. The van der Waals surface area contributed by atoms with Crippen LogP contribution in [0.25, 0.3) is 11.1 Å². The van der Waals surface area contributed by atoms with E-state index in [0.717, 1.165) is 29.5 Å². The molecule has 0 saturated heterocycles. The minimum atomic E-state index is -1.01. The third kappa shape index (κ3) is 2.64. The predicted molar refractivity (Wildman–Crippen MR) is 87.1 cm³/mol. The van der Waals surface area contributed by atoms with E-state index in [9.17, 15) is 4.79 Å². The van der Waals surface area contributed by atoms with Gasteiger partial charge in [-0.15, -0.1) is 0 Å². The van der Waals surface area contributed by atoms with Gasteiger partial charge in [0.05, 0.1) is 6.61 Å². The van der Waals surface area contributed by atoms with Crippen LogP contribution in [0.5, 0.6) is 0 Å². The largest absolute Gasteiger partial charge is 0.464 e. The molecule has 0 aliphatic heterocycles. The van der Waals surface area contributed by atoms with Crippen molar-refractivity contribution in [3.8, 4) is 11.1 Å². The molecule has 0 spiro atoms. The highest BCUT2D eigenvalue weighted by Gasteiger charge is 2.50. The average Bonchev–Trinajstić information content (AvgIpc) is 3.40. The molecule has 1 aliphatic carbocycles. The van der Waals surface area contributed by atoms with Gasteiger partial charge in [-0.3, -0.25) is 0 Å². The van der Waals surface area contributed by atoms with Gasteiger partial charge < -0.3 is 10.5 Å². The number of carbonyl (C=O) groups excluding carboxylic acids is 1. The standard InChI is InChI=1S/C19H21NO2/c1-2-22-18(21)19(20,17-12-13-17)16-10-8-15(9-11-16)14-6-4-3-5-7-14/h3-11,17H,2,12-13,20H2,1H3. The van der Waals surface area contributed by atoms with Crippen molar-refractivity contribution in [1.29, 1.82) is 0 Å². The number of benzene rings is 2. The van der Waals surface area contributed by atoms with Gasteiger partial charge in [-0.05, 0) is 42.4 Å². The number of esters is 1. The molecule has 0 bridgehead atoms. The van der Waals surface area contributed by atoms with E-state index in [1.165, 1.54) is 0 Å². The molecule has 3 heteroatoms. The van der Waals surface area contributed by atoms with E-state index in [4.69, 9.17) is 10.5 Å². The Hall–Kier alpha value is -2.13. The average molecular weight is 295 g/mol. The molecule has 0 amide bonds. The van der Waals surface area contributed by atoms with Crippen molar-refractivity contribution in [2.45, 2.75) is 25.3 Å². The smallest absolute Gasteiger partial charge is 0.331 e. The van der Waals surface area contributed by atoms with Crippen molar-refractivity contribution in [1.82, 2.24) is 0 Å². The van der Waals surface area contributed by atoms with Gasteiger partial charge in [-0.2, -0.15) is 0 Å². The second-order valence-electron chi connectivity index (χ2n) is 5.81. The second kappa shape index (κ2) is 5.93. The van der Waals surface area contributed by atoms with Crippen molar-refractivity contribution in [3.05, 3.63) is 60.2 Å². The van der Waals surface area contributed by atoms with E-state index >= 15 is 0 Å². The highest BCUT2D eigenvalue weighted by atomic mass is 16.5. The summed E-state index contributed by atoms with van der Waals surface area (Å²) in [5.74, 6) is -0.126. The molecule has 1 fully saturated rings. The second-order valence-corrected chi connectivity index (χ2v) is 5.81. The lowest BCUT2D eigenvalue weighted by Gasteiger charge is -2.27. The van der Waals surface area contributed by atoms with E-state index in [1.807, 2.05) is 49.4 Å².